The maximum absolute atomic E-state index is 4.00. The van der Waals surface area contributed by atoms with Gasteiger partial charge in [-0.15, -0.1) is 0 Å². The average molecular weight is 288 g/mol. The normalized spacial score (nSPS) is 11.0. The van der Waals surface area contributed by atoms with Crippen LogP contribution in [0.3, 0.4) is 0 Å². The Morgan fingerprint density at radius 1 is 1.00 bits per heavy atom. The molecule has 0 radical (unpaired) electrons. The Hall–Kier alpha value is -1.41. The smallest absolute Gasteiger partial charge is 0.0273 e. The van der Waals surface area contributed by atoms with Crippen molar-refractivity contribution in [2.24, 2.45) is 0 Å². The number of aromatic nitrogens is 1. The second-order valence-electron chi connectivity index (χ2n) is 4.07. The molecule has 0 saturated carbocycles. The average Bonchev–Trinajstić information content (AvgIpc) is 2.33. The zero-order chi connectivity index (χ0) is 12.3. The minimum Gasteiger partial charge on any atom is -0.265 e. The van der Waals surface area contributed by atoms with E-state index in [4.69, 9.17) is 0 Å². The molecule has 86 valence electrons. The van der Waals surface area contributed by atoms with E-state index < -0.39 is 0 Å². The van der Waals surface area contributed by atoms with Crippen molar-refractivity contribution in [1.82, 2.24) is 4.98 Å². The Labute approximate surface area is 110 Å². The first-order valence-electron chi connectivity index (χ1n) is 5.51. The molecule has 1 nitrogen and oxygen atoms in total. The highest BCUT2D eigenvalue weighted by molar-refractivity contribution is 9.10. The fourth-order valence-corrected chi connectivity index (χ4v) is 2.10. The number of hydrogen-bond acceptors (Lipinski definition) is 1. The second-order valence-corrected chi connectivity index (χ2v) is 4.93. The summed E-state index contributed by atoms with van der Waals surface area (Å²) in [4.78, 5) is 4.00. The SMILES string of the molecule is Cc1cc(/C=C/c2ccncc2)c(C)cc1Br. The summed E-state index contributed by atoms with van der Waals surface area (Å²) in [5, 5.41) is 0. The molecule has 0 amide bonds. The molecule has 1 aromatic heterocycles. The van der Waals surface area contributed by atoms with Crippen LogP contribution in [0.5, 0.6) is 0 Å². The number of nitrogens with zero attached hydrogens (tertiary/aromatic N) is 1. The van der Waals surface area contributed by atoms with Crippen LogP contribution in [0.4, 0.5) is 0 Å². The largest absolute Gasteiger partial charge is 0.265 e. The van der Waals surface area contributed by atoms with E-state index in [1.807, 2.05) is 12.1 Å². The molecule has 0 spiro atoms. The van der Waals surface area contributed by atoms with E-state index in [-0.39, 0.29) is 0 Å². The van der Waals surface area contributed by atoms with E-state index in [0.29, 0.717) is 0 Å². The summed E-state index contributed by atoms with van der Waals surface area (Å²) in [6.45, 7) is 4.23. The summed E-state index contributed by atoms with van der Waals surface area (Å²) in [7, 11) is 0. The summed E-state index contributed by atoms with van der Waals surface area (Å²) in [6, 6.07) is 8.34. The summed E-state index contributed by atoms with van der Waals surface area (Å²) in [5.41, 5.74) is 4.94. The number of aryl methyl sites for hydroxylation is 2. The van der Waals surface area contributed by atoms with Crippen LogP contribution >= 0.6 is 15.9 Å². The molecule has 0 N–H and O–H groups in total. The number of hydrogen-bond donors (Lipinski definition) is 0. The van der Waals surface area contributed by atoms with Gasteiger partial charge in [0.25, 0.3) is 0 Å². The lowest BCUT2D eigenvalue weighted by Gasteiger charge is -2.04. The van der Waals surface area contributed by atoms with Crippen LogP contribution in [-0.2, 0) is 0 Å². The number of pyridine rings is 1. The van der Waals surface area contributed by atoms with Crippen molar-refractivity contribution in [1.29, 1.82) is 0 Å². The van der Waals surface area contributed by atoms with E-state index in [1.54, 1.807) is 12.4 Å². The van der Waals surface area contributed by atoms with Crippen molar-refractivity contribution >= 4 is 28.1 Å². The van der Waals surface area contributed by atoms with Crippen LogP contribution in [0.25, 0.3) is 12.2 Å². The molecular formula is C15H14BrN. The van der Waals surface area contributed by atoms with E-state index in [1.165, 1.54) is 22.3 Å². The molecule has 0 aliphatic carbocycles. The molecule has 2 heteroatoms. The van der Waals surface area contributed by atoms with Gasteiger partial charge < -0.3 is 0 Å². The van der Waals surface area contributed by atoms with Crippen LogP contribution in [0, 0.1) is 13.8 Å². The third-order valence-corrected chi connectivity index (χ3v) is 3.56. The van der Waals surface area contributed by atoms with Gasteiger partial charge in [0.1, 0.15) is 0 Å². The van der Waals surface area contributed by atoms with Crippen LogP contribution in [-0.4, -0.2) is 4.98 Å². The van der Waals surface area contributed by atoms with Crippen molar-refractivity contribution in [3.05, 3.63) is 63.4 Å². The highest BCUT2D eigenvalue weighted by Gasteiger charge is 1.99. The summed E-state index contributed by atoms with van der Waals surface area (Å²) in [5.74, 6) is 0. The standard InChI is InChI=1S/C15H14BrN/c1-11-10-15(16)12(2)9-14(11)4-3-13-5-7-17-8-6-13/h3-10H,1-2H3/b4-3+. The zero-order valence-corrected chi connectivity index (χ0v) is 11.5. The van der Waals surface area contributed by atoms with Crippen molar-refractivity contribution in [2.45, 2.75) is 13.8 Å². The van der Waals surface area contributed by atoms with E-state index in [9.17, 15) is 0 Å². The van der Waals surface area contributed by atoms with Crippen molar-refractivity contribution in [3.63, 3.8) is 0 Å². The van der Waals surface area contributed by atoms with Gasteiger partial charge in [-0.3, -0.25) is 4.98 Å². The number of rotatable bonds is 2. The monoisotopic (exact) mass is 287 g/mol. The summed E-state index contributed by atoms with van der Waals surface area (Å²) < 4.78 is 1.16. The Morgan fingerprint density at radius 2 is 1.71 bits per heavy atom. The van der Waals surface area contributed by atoms with Gasteiger partial charge >= 0.3 is 0 Å². The van der Waals surface area contributed by atoms with Crippen LogP contribution in [0.15, 0.2) is 41.1 Å². The van der Waals surface area contributed by atoms with Gasteiger partial charge in [0.15, 0.2) is 0 Å². The lowest BCUT2D eigenvalue weighted by Crippen LogP contribution is -1.84. The van der Waals surface area contributed by atoms with Gasteiger partial charge in [0.2, 0.25) is 0 Å². The fraction of sp³-hybridized carbons (Fsp3) is 0.133. The van der Waals surface area contributed by atoms with E-state index in [0.717, 1.165) is 4.47 Å². The molecule has 1 heterocycles. The van der Waals surface area contributed by atoms with Crippen LogP contribution in [0.1, 0.15) is 22.3 Å². The quantitative estimate of drug-likeness (QED) is 0.785. The maximum atomic E-state index is 4.00. The first-order valence-corrected chi connectivity index (χ1v) is 6.31. The first kappa shape index (κ1) is 12.1. The summed E-state index contributed by atoms with van der Waals surface area (Å²) >= 11 is 3.54. The number of benzene rings is 1. The predicted octanol–water partition coefficient (Wildman–Crippen LogP) is 4.63. The fourth-order valence-electron chi connectivity index (χ4n) is 1.64. The second kappa shape index (κ2) is 5.28. The van der Waals surface area contributed by atoms with E-state index >= 15 is 0 Å². The van der Waals surface area contributed by atoms with Gasteiger partial charge in [-0.2, -0.15) is 0 Å². The Balaban J connectivity index is 2.31. The Bertz CT molecular complexity index is 544. The zero-order valence-electron chi connectivity index (χ0n) is 9.94. The van der Waals surface area contributed by atoms with E-state index in [2.05, 4.69) is 59.0 Å². The third kappa shape index (κ3) is 3.04. The Morgan fingerprint density at radius 3 is 2.41 bits per heavy atom. The molecule has 2 aromatic rings. The minimum atomic E-state index is 1.16. The van der Waals surface area contributed by atoms with Crippen molar-refractivity contribution in [2.75, 3.05) is 0 Å². The van der Waals surface area contributed by atoms with Gasteiger partial charge in [0.05, 0.1) is 0 Å². The summed E-state index contributed by atoms with van der Waals surface area (Å²) in [6.07, 6.45) is 7.86. The van der Waals surface area contributed by atoms with Crippen LogP contribution < -0.4 is 0 Å². The topological polar surface area (TPSA) is 12.9 Å². The van der Waals surface area contributed by atoms with Gasteiger partial charge in [-0.1, -0.05) is 34.1 Å². The third-order valence-electron chi connectivity index (χ3n) is 2.71. The lowest BCUT2D eigenvalue weighted by atomic mass is 10.0. The lowest BCUT2D eigenvalue weighted by molar-refractivity contribution is 1.32. The molecule has 0 aliphatic rings. The molecule has 1 aromatic carbocycles. The van der Waals surface area contributed by atoms with Gasteiger partial charge in [-0.25, -0.2) is 0 Å². The molecule has 0 aliphatic heterocycles. The molecule has 0 fully saturated rings. The minimum absolute atomic E-state index is 1.16. The maximum Gasteiger partial charge on any atom is 0.0273 e. The molecule has 0 saturated heterocycles. The first-order chi connectivity index (χ1) is 8.16. The highest BCUT2D eigenvalue weighted by Crippen LogP contribution is 2.22. The Kier molecular flexibility index (Phi) is 3.75. The molecular weight excluding hydrogens is 274 g/mol. The molecule has 0 bridgehead atoms. The molecule has 2 rings (SSSR count). The molecule has 0 atom stereocenters. The van der Waals surface area contributed by atoms with Crippen molar-refractivity contribution in [3.8, 4) is 0 Å². The highest BCUT2D eigenvalue weighted by atomic mass is 79.9. The molecule has 17 heavy (non-hydrogen) atoms. The van der Waals surface area contributed by atoms with Gasteiger partial charge in [-0.05, 0) is 54.3 Å². The number of halogens is 1. The predicted molar refractivity (Wildman–Crippen MR) is 76.8 cm³/mol. The van der Waals surface area contributed by atoms with Gasteiger partial charge in [0, 0.05) is 16.9 Å². The van der Waals surface area contributed by atoms with Crippen LogP contribution in [0.2, 0.25) is 0 Å². The van der Waals surface area contributed by atoms with Crippen molar-refractivity contribution < 1.29 is 0 Å². The molecule has 0 unspecified atom stereocenters.